The first-order valence-corrected chi connectivity index (χ1v) is 8.98. The molecule has 0 saturated carbocycles. The van der Waals surface area contributed by atoms with Crippen LogP contribution in [0.25, 0.3) is 0 Å². The van der Waals surface area contributed by atoms with Gasteiger partial charge in [0, 0.05) is 26.0 Å². The van der Waals surface area contributed by atoms with Gasteiger partial charge in [-0.05, 0) is 50.5 Å². The molecule has 2 aliphatic heterocycles. The monoisotopic (exact) mass is 329 g/mol. The largest absolute Gasteiger partial charge is 0.376 e. The van der Waals surface area contributed by atoms with E-state index in [2.05, 4.69) is 38.1 Å². The first-order chi connectivity index (χ1) is 11.5. The minimum absolute atomic E-state index is 0.0147. The third-order valence-corrected chi connectivity index (χ3v) is 5.35. The number of ether oxygens (including phenoxy) is 1. The van der Waals surface area contributed by atoms with Gasteiger partial charge in [-0.2, -0.15) is 0 Å². The Hall–Kier alpha value is -1.68. The summed E-state index contributed by atoms with van der Waals surface area (Å²) in [5.41, 5.74) is 1.20. The van der Waals surface area contributed by atoms with Gasteiger partial charge >= 0.3 is 0 Å². The second kappa shape index (κ2) is 7.06. The zero-order valence-electron chi connectivity index (χ0n) is 14.7. The topological polar surface area (TPSA) is 46.6 Å². The number of likely N-dealkylation sites (tertiary alicyclic amines) is 1. The number of nitrogens with zero attached hydrogens (tertiary/aromatic N) is 1. The molecule has 1 aromatic rings. The zero-order chi connectivity index (χ0) is 17.2. The predicted molar refractivity (Wildman–Crippen MR) is 92.5 cm³/mol. The molecule has 0 radical (unpaired) electrons. The van der Waals surface area contributed by atoms with Crippen LogP contribution in [0.5, 0.6) is 0 Å². The molecule has 24 heavy (non-hydrogen) atoms. The molecule has 130 valence electrons. The summed E-state index contributed by atoms with van der Waals surface area (Å²) in [6.07, 6.45) is 3.62. The summed E-state index contributed by atoms with van der Waals surface area (Å²) in [4.78, 5) is 25.3. The Bertz CT molecular complexity index is 580. The molecule has 4 heteroatoms. The van der Waals surface area contributed by atoms with E-state index in [1.54, 1.807) is 0 Å². The van der Waals surface area contributed by atoms with Gasteiger partial charge in [0.05, 0.1) is 5.60 Å². The molecule has 4 nitrogen and oxygen atoms in total. The minimum Gasteiger partial charge on any atom is -0.376 e. The van der Waals surface area contributed by atoms with E-state index >= 15 is 0 Å². The minimum atomic E-state index is -0.102. The molecule has 0 aliphatic carbocycles. The third kappa shape index (κ3) is 3.86. The zero-order valence-corrected chi connectivity index (χ0v) is 14.7. The normalized spacial score (nSPS) is 25.1. The number of benzene rings is 1. The van der Waals surface area contributed by atoms with Crippen molar-refractivity contribution in [3.63, 3.8) is 0 Å². The Labute approximate surface area is 144 Å². The lowest BCUT2D eigenvalue weighted by atomic mass is 9.75. The van der Waals surface area contributed by atoms with E-state index in [1.165, 1.54) is 10.5 Å². The van der Waals surface area contributed by atoms with Crippen LogP contribution in [0.4, 0.5) is 0 Å². The van der Waals surface area contributed by atoms with Crippen LogP contribution in [0, 0.1) is 5.92 Å². The smallest absolute Gasteiger partial charge is 0.229 e. The fraction of sp³-hybridized carbons (Fsp3) is 0.600. The number of hydrogen-bond acceptors (Lipinski definition) is 3. The first kappa shape index (κ1) is 17.2. The number of amides is 2. The van der Waals surface area contributed by atoms with Crippen molar-refractivity contribution < 1.29 is 14.3 Å². The molecule has 0 N–H and O–H groups in total. The summed E-state index contributed by atoms with van der Waals surface area (Å²) < 4.78 is 5.87. The van der Waals surface area contributed by atoms with Gasteiger partial charge in [0.1, 0.15) is 0 Å². The van der Waals surface area contributed by atoms with Crippen LogP contribution in [-0.4, -0.2) is 35.5 Å². The van der Waals surface area contributed by atoms with Gasteiger partial charge in [-0.25, -0.2) is 0 Å². The van der Waals surface area contributed by atoms with Gasteiger partial charge < -0.3 is 4.74 Å². The summed E-state index contributed by atoms with van der Waals surface area (Å²) in [6.45, 7) is 5.61. The molecular formula is C20H27NO3. The highest BCUT2D eigenvalue weighted by Crippen LogP contribution is 2.40. The lowest BCUT2D eigenvalue weighted by Gasteiger charge is -2.39. The molecule has 0 unspecified atom stereocenters. The van der Waals surface area contributed by atoms with Crippen LogP contribution in [0.3, 0.4) is 0 Å². The standard InChI is InChI=1S/C20H27NO3/c1-20(2)14-16(11-13-24-20)17(15-6-4-3-5-7-15)10-12-21-18(22)8-9-19(21)23/h3-7,16-17H,8-14H2,1-2H3/t16-,17-/m1/s1. The molecule has 2 amide bonds. The Morgan fingerprint density at radius 3 is 2.46 bits per heavy atom. The molecule has 2 atom stereocenters. The first-order valence-electron chi connectivity index (χ1n) is 8.98. The lowest BCUT2D eigenvalue weighted by molar-refractivity contribution is -0.138. The van der Waals surface area contributed by atoms with Crippen LogP contribution in [0.2, 0.25) is 0 Å². The van der Waals surface area contributed by atoms with E-state index in [9.17, 15) is 9.59 Å². The molecule has 0 spiro atoms. The summed E-state index contributed by atoms with van der Waals surface area (Å²) >= 11 is 0. The van der Waals surface area contributed by atoms with Gasteiger partial charge in [0.25, 0.3) is 0 Å². The van der Waals surface area contributed by atoms with Crippen molar-refractivity contribution in [2.45, 2.75) is 57.5 Å². The Kier molecular flexibility index (Phi) is 5.04. The average molecular weight is 329 g/mol. The molecule has 0 bridgehead atoms. The van der Waals surface area contributed by atoms with Gasteiger partial charge in [-0.1, -0.05) is 30.3 Å². The van der Waals surface area contributed by atoms with Gasteiger partial charge in [-0.15, -0.1) is 0 Å². The van der Waals surface area contributed by atoms with Gasteiger partial charge in [-0.3, -0.25) is 14.5 Å². The molecule has 2 heterocycles. The highest BCUT2D eigenvalue weighted by atomic mass is 16.5. The van der Waals surface area contributed by atoms with E-state index in [4.69, 9.17) is 4.74 Å². The van der Waals surface area contributed by atoms with Crippen LogP contribution < -0.4 is 0 Å². The van der Waals surface area contributed by atoms with Gasteiger partial charge in [0.15, 0.2) is 0 Å². The molecular weight excluding hydrogens is 302 g/mol. The van der Waals surface area contributed by atoms with Crippen molar-refractivity contribution in [1.29, 1.82) is 0 Å². The quantitative estimate of drug-likeness (QED) is 0.777. The van der Waals surface area contributed by atoms with E-state index in [0.29, 0.717) is 31.2 Å². The van der Waals surface area contributed by atoms with Crippen molar-refractivity contribution in [3.05, 3.63) is 35.9 Å². The predicted octanol–water partition coefficient (Wildman–Crippen LogP) is 3.51. The van der Waals surface area contributed by atoms with E-state index in [-0.39, 0.29) is 17.4 Å². The Morgan fingerprint density at radius 2 is 1.83 bits per heavy atom. The molecule has 2 saturated heterocycles. The van der Waals surface area contributed by atoms with Gasteiger partial charge in [0.2, 0.25) is 11.8 Å². The molecule has 0 aromatic heterocycles. The maximum absolute atomic E-state index is 11.9. The highest BCUT2D eigenvalue weighted by molar-refractivity contribution is 6.01. The molecule has 2 aliphatic rings. The summed E-state index contributed by atoms with van der Waals surface area (Å²) in [6, 6.07) is 10.5. The van der Waals surface area contributed by atoms with Crippen molar-refractivity contribution in [1.82, 2.24) is 4.90 Å². The van der Waals surface area contributed by atoms with Crippen LogP contribution in [0.15, 0.2) is 30.3 Å². The van der Waals surface area contributed by atoms with Crippen LogP contribution >= 0.6 is 0 Å². The average Bonchev–Trinajstić information content (AvgIpc) is 2.87. The number of rotatable bonds is 5. The fourth-order valence-electron chi connectivity index (χ4n) is 4.14. The van der Waals surface area contributed by atoms with E-state index < -0.39 is 0 Å². The molecule has 2 fully saturated rings. The molecule has 1 aromatic carbocycles. The highest BCUT2D eigenvalue weighted by Gasteiger charge is 2.35. The molecule has 3 rings (SSSR count). The van der Waals surface area contributed by atoms with Crippen molar-refractivity contribution in [2.75, 3.05) is 13.2 Å². The number of carbonyl (C=O) groups is 2. The van der Waals surface area contributed by atoms with Crippen molar-refractivity contribution >= 4 is 11.8 Å². The maximum atomic E-state index is 11.9. The van der Waals surface area contributed by atoms with Crippen molar-refractivity contribution in [2.24, 2.45) is 5.92 Å². The van der Waals surface area contributed by atoms with E-state index in [1.807, 2.05) is 6.07 Å². The fourth-order valence-corrected chi connectivity index (χ4v) is 4.14. The van der Waals surface area contributed by atoms with Crippen LogP contribution in [0.1, 0.15) is 57.4 Å². The van der Waals surface area contributed by atoms with Crippen LogP contribution in [-0.2, 0) is 14.3 Å². The Morgan fingerprint density at radius 1 is 1.17 bits per heavy atom. The van der Waals surface area contributed by atoms with Crippen molar-refractivity contribution in [3.8, 4) is 0 Å². The lowest BCUT2D eigenvalue weighted by Crippen LogP contribution is -2.37. The SMILES string of the molecule is CC1(C)C[C@H]([C@H](CCN2C(=O)CCC2=O)c2ccccc2)CCO1. The third-order valence-electron chi connectivity index (χ3n) is 5.35. The number of hydrogen-bond donors (Lipinski definition) is 0. The Balaban J connectivity index is 1.75. The summed E-state index contributed by atoms with van der Waals surface area (Å²) in [5, 5.41) is 0. The maximum Gasteiger partial charge on any atom is 0.229 e. The second-order valence-corrected chi connectivity index (χ2v) is 7.61. The number of carbonyl (C=O) groups excluding carboxylic acids is 2. The number of imide groups is 1. The summed E-state index contributed by atoms with van der Waals surface area (Å²) in [5.74, 6) is 0.845. The van der Waals surface area contributed by atoms with E-state index in [0.717, 1.165) is 25.9 Å². The summed E-state index contributed by atoms with van der Waals surface area (Å²) in [7, 11) is 0. The second-order valence-electron chi connectivity index (χ2n) is 7.61.